The zero-order valence-electron chi connectivity index (χ0n) is 15.5. The molecule has 25 heavy (non-hydrogen) atoms. The highest BCUT2D eigenvalue weighted by molar-refractivity contribution is 6.05. The van der Waals surface area contributed by atoms with Crippen molar-refractivity contribution in [3.05, 3.63) is 46.8 Å². The highest BCUT2D eigenvalue weighted by Crippen LogP contribution is 2.21. The number of hydrogen-bond donors (Lipinski definition) is 1. The first-order valence-corrected chi connectivity index (χ1v) is 8.91. The smallest absolute Gasteiger partial charge is 0.259 e. The maximum absolute atomic E-state index is 12.6. The summed E-state index contributed by atoms with van der Waals surface area (Å²) in [7, 11) is 0. The predicted octanol–water partition coefficient (Wildman–Crippen LogP) is 3.89. The molecule has 0 atom stereocenters. The number of benzene rings is 1. The largest absolute Gasteiger partial charge is 0.341 e. The van der Waals surface area contributed by atoms with Gasteiger partial charge in [0, 0.05) is 25.0 Å². The average molecular weight is 338 g/mol. The van der Waals surface area contributed by atoms with Crippen molar-refractivity contribution in [1.29, 1.82) is 0 Å². The fourth-order valence-electron chi connectivity index (χ4n) is 3.18. The molecule has 1 aliphatic heterocycles. The van der Waals surface area contributed by atoms with Crippen LogP contribution in [-0.2, 0) is 0 Å². The third kappa shape index (κ3) is 3.98. The minimum Gasteiger partial charge on any atom is -0.341 e. The molecule has 1 amide bonds. The van der Waals surface area contributed by atoms with E-state index < -0.39 is 0 Å². The fourth-order valence-corrected chi connectivity index (χ4v) is 3.18. The van der Waals surface area contributed by atoms with Crippen LogP contribution in [-0.4, -0.2) is 29.0 Å². The Morgan fingerprint density at radius 2 is 1.92 bits per heavy atom. The second-order valence-electron chi connectivity index (χ2n) is 7.11. The van der Waals surface area contributed by atoms with E-state index in [1.807, 2.05) is 32.9 Å². The van der Waals surface area contributed by atoms with Crippen molar-refractivity contribution >= 4 is 17.5 Å². The number of nitrogens with zero attached hydrogens (tertiary/aromatic N) is 3. The lowest BCUT2D eigenvalue weighted by molar-refractivity contribution is 0.102. The molecular formula is C20H26N4O. The van der Waals surface area contributed by atoms with E-state index in [1.54, 1.807) is 6.20 Å². The molecule has 5 nitrogen and oxygen atoms in total. The van der Waals surface area contributed by atoms with Gasteiger partial charge in [-0.1, -0.05) is 24.6 Å². The number of amides is 1. The van der Waals surface area contributed by atoms with Crippen LogP contribution in [0.25, 0.3) is 0 Å². The summed E-state index contributed by atoms with van der Waals surface area (Å²) in [5.41, 5.74) is 4.28. The zero-order valence-corrected chi connectivity index (χ0v) is 15.5. The molecule has 0 aliphatic carbocycles. The summed E-state index contributed by atoms with van der Waals surface area (Å²) in [6.07, 6.45) is 3.98. The Morgan fingerprint density at radius 1 is 1.20 bits per heavy atom. The molecule has 3 rings (SSSR count). The molecule has 2 aromatic rings. The SMILES string of the molecule is Cc1ccc(NC(=O)c2cnc(N3CCC(C)CC3)nc2C)c(C)c1. The molecule has 1 aliphatic rings. The molecule has 0 saturated carbocycles. The van der Waals surface area contributed by atoms with Crippen LogP contribution in [0, 0.1) is 26.7 Å². The number of nitrogens with one attached hydrogen (secondary N) is 1. The molecule has 1 N–H and O–H groups in total. The third-order valence-corrected chi connectivity index (χ3v) is 4.91. The van der Waals surface area contributed by atoms with Crippen LogP contribution in [0.1, 0.15) is 46.9 Å². The van der Waals surface area contributed by atoms with Crippen LogP contribution in [0.4, 0.5) is 11.6 Å². The van der Waals surface area contributed by atoms with Crippen molar-refractivity contribution < 1.29 is 4.79 Å². The number of carbonyl (C=O) groups excluding carboxylic acids is 1. The third-order valence-electron chi connectivity index (χ3n) is 4.91. The number of anilines is 2. The van der Waals surface area contributed by atoms with E-state index in [0.717, 1.165) is 49.0 Å². The predicted molar refractivity (Wildman–Crippen MR) is 101 cm³/mol. The normalized spacial score (nSPS) is 15.3. The fraction of sp³-hybridized carbons (Fsp3) is 0.450. The van der Waals surface area contributed by atoms with E-state index >= 15 is 0 Å². The molecule has 1 saturated heterocycles. The van der Waals surface area contributed by atoms with Crippen LogP contribution >= 0.6 is 0 Å². The lowest BCUT2D eigenvalue weighted by Crippen LogP contribution is -2.34. The van der Waals surface area contributed by atoms with Gasteiger partial charge in [-0.3, -0.25) is 4.79 Å². The standard InChI is InChI=1S/C20H26N4O/c1-13-7-9-24(10-8-13)20-21-12-17(16(4)22-20)19(25)23-18-6-5-14(2)11-15(18)3/h5-6,11-13H,7-10H2,1-4H3,(H,23,25). The first-order chi connectivity index (χ1) is 11.9. The Bertz CT molecular complexity index is 779. The summed E-state index contributed by atoms with van der Waals surface area (Å²) in [6, 6.07) is 5.98. The van der Waals surface area contributed by atoms with Crippen molar-refractivity contribution in [1.82, 2.24) is 9.97 Å². The van der Waals surface area contributed by atoms with Crippen molar-refractivity contribution in [2.24, 2.45) is 5.92 Å². The molecule has 0 unspecified atom stereocenters. The number of carbonyl (C=O) groups is 1. The maximum Gasteiger partial charge on any atom is 0.259 e. The van der Waals surface area contributed by atoms with Gasteiger partial charge in [-0.05, 0) is 51.2 Å². The molecule has 0 spiro atoms. The molecule has 2 heterocycles. The number of aryl methyl sites for hydroxylation is 3. The van der Waals surface area contributed by atoms with Crippen LogP contribution in [0.3, 0.4) is 0 Å². The summed E-state index contributed by atoms with van der Waals surface area (Å²) in [5.74, 6) is 1.33. The molecule has 1 aromatic carbocycles. The lowest BCUT2D eigenvalue weighted by atomic mass is 10.00. The second kappa shape index (κ2) is 7.21. The van der Waals surface area contributed by atoms with Gasteiger partial charge in [-0.15, -0.1) is 0 Å². The lowest BCUT2D eigenvalue weighted by Gasteiger charge is -2.30. The summed E-state index contributed by atoms with van der Waals surface area (Å²) in [6.45, 7) is 10.1. The average Bonchev–Trinajstić information content (AvgIpc) is 2.58. The Kier molecular flexibility index (Phi) is 5.02. The molecular weight excluding hydrogens is 312 g/mol. The Morgan fingerprint density at radius 3 is 2.56 bits per heavy atom. The molecule has 0 bridgehead atoms. The van der Waals surface area contributed by atoms with Crippen molar-refractivity contribution in [2.45, 2.75) is 40.5 Å². The van der Waals surface area contributed by atoms with E-state index in [2.05, 4.69) is 33.2 Å². The quantitative estimate of drug-likeness (QED) is 0.922. The highest BCUT2D eigenvalue weighted by Gasteiger charge is 2.20. The Balaban J connectivity index is 1.75. The van der Waals surface area contributed by atoms with Gasteiger partial charge in [0.05, 0.1) is 11.3 Å². The topological polar surface area (TPSA) is 58.1 Å². The van der Waals surface area contributed by atoms with Crippen LogP contribution in [0.15, 0.2) is 24.4 Å². The van der Waals surface area contributed by atoms with E-state index in [9.17, 15) is 4.79 Å². The number of hydrogen-bond acceptors (Lipinski definition) is 4. The van der Waals surface area contributed by atoms with E-state index in [1.165, 1.54) is 5.56 Å². The van der Waals surface area contributed by atoms with Crippen molar-refractivity contribution in [2.75, 3.05) is 23.3 Å². The van der Waals surface area contributed by atoms with Crippen LogP contribution in [0.2, 0.25) is 0 Å². The number of rotatable bonds is 3. The summed E-state index contributed by atoms with van der Waals surface area (Å²) < 4.78 is 0. The van der Waals surface area contributed by atoms with Gasteiger partial charge in [0.25, 0.3) is 5.91 Å². The van der Waals surface area contributed by atoms with Gasteiger partial charge in [-0.2, -0.15) is 0 Å². The molecule has 5 heteroatoms. The molecule has 132 valence electrons. The van der Waals surface area contributed by atoms with Gasteiger partial charge in [-0.25, -0.2) is 9.97 Å². The second-order valence-corrected chi connectivity index (χ2v) is 7.11. The number of aromatic nitrogens is 2. The summed E-state index contributed by atoms with van der Waals surface area (Å²) >= 11 is 0. The summed E-state index contributed by atoms with van der Waals surface area (Å²) in [4.78, 5) is 23.8. The van der Waals surface area contributed by atoms with Crippen LogP contribution in [0.5, 0.6) is 0 Å². The van der Waals surface area contributed by atoms with Gasteiger partial charge in [0.1, 0.15) is 0 Å². The van der Waals surface area contributed by atoms with E-state index in [-0.39, 0.29) is 5.91 Å². The van der Waals surface area contributed by atoms with E-state index in [4.69, 9.17) is 0 Å². The minimum atomic E-state index is -0.164. The van der Waals surface area contributed by atoms with Crippen LogP contribution < -0.4 is 10.2 Å². The Hall–Kier alpha value is -2.43. The van der Waals surface area contributed by atoms with Gasteiger partial charge in [0.2, 0.25) is 5.95 Å². The summed E-state index contributed by atoms with van der Waals surface area (Å²) in [5, 5.41) is 2.97. The van der Waals surface area contributed by atoms with Gasteiger partial charge >= 0.3 is 0 Å². The first kappa shape index (κ1) is 17.4. The maximum atomic E-state index is 12.6. The van der Waals surface area contributed by atoms with Crippen molar-refractivity contribution in [3.8, 4) is 0 Å². The van der Waals surface area contributed by atoms with Crippen molar-refractivity contribution in [3.63, 3.8) is 0 Å². The highest BCUT2D eigenvalue weighted by atomic mass is 16.1. The monoisotopic (exact) mass is 338 g/mol. The van der Waals surface area contributed by atoms with Gasteiger partial charge < -0.3 is 10.2 Å². The molecule has 1 fully saturated rings. The zero-order chi connectivity index (χ0) is 18.0. The first-order valence-electron chi connectivity index (χ1n) is 8.91. The molecule has 1 aromatic heterocycles. The molecule has 0 radical (unpaired) electrons. The Labute approximate surface area is 149 Å². The van der Waals surface area contributed by atoms with E-state index in [0.29, 0.717) is 11.3 Å². The number of piperidine rings is 1. The minimum absolute atomic E-state index is 0.164. The van der Waals surface area contributed by atoms with Gasteiger partial charge in [0.15, 0.2) is 0 Å².